The fraction of sp³-hybridized carbons (Fsp3) is 0.600. The molecular weight excluding hydrogens is 227 g/mol. The maximum absolute atomic E-state index is 13.3. The summed E-state index contributed by atoms with van der Waals surface area (Å²) >= 11 is 0. The highest BCUT2D eigenvalue weighted by Gasteiger charge is 2.22. The number of rotatable bonds is 3. The third kappa shape index (κ3) is 3.45. The average Bonchev–Trinajstić information content (AvgIpc) is 2.27. The fourth-order valence-electron chi connectivity index (χ4n) is 2.81. The van der Waals surface area contributed by atoms with Gasteiger partial charge in [-0.2, -0.15) is 0 Å². The molecule has 100 valence electrons. The van der Waals surface area contributed by atoms with E-state index in [1.54, 1.807) is 12.1 Å². The van der Waals surface area contributed by atoms with Crippen molar-refractivity contribution in [2.24, 2.45) is 5.92 Å². The highest BCUT2D eigenvalue weighted by molar-refractivity contribution is 5.46. The van der Waals surface area contributed by atoms with Gasteiger partial charge in [0.05, 0.1) is 0 Å². The Morgan fingerprint density at radius 2 is 2.17 bits per heavy atom. The van der Waals surface area contributed by atoms with Gasteiger partial charge in [-0.05, 0) is 70.0 Å². The van der Waals surface area contributed by atoms with Crippen molar-refractivity contribution >= 4 is 5.69 Å². The minimum absolute atomic E-state index is 0.162. The molecule has 1 aromatic carbocycles. The first-order valence-electron chi connectivity index (χ1n) is 6.77. The van der Waals surface area contributed by atoms with Crippen LogP contribution in [0, 0.1) is 18.7 Å². The Kier molecular flexibility index (Phi) is 4.23. The number of halogens is 1. The molecule has 18 heavy (non-hydrogen) atoms. The lowest BCUT2D eigenvalue weighted by Crippen LogP contribution is -2.39. The molecule has 2 rings (SSSR count). The molecule has 1 heterocycles. The molecule has 1 saturated heterocycles. The summed E-state index contributed by atoms with van der Waals surface area (Å²) in [6.45, 7) is 6.45. The number of anilines is 1. The van der Waals surface area contributed by atoms with E-state index in [1.807, 2.05) is 13.0 Å². The van der Waals surface area contributed by atoms with Crippen molar-refractivity contribution in [3.63, 3.8) is 0 Å². The zero-order valence-corrected chi connectivity index (χ0v) is 11.5. The number of piperidine rings is 1. The highest BCUT2D eigenvalue weighted by Crippen LogP contribution is 2.22. The summed E-state index contributed by atoms with van der Waals surface area (Å²) in [6.07, 6.45) is 2.52. The Balaban J connectivity index is 1.99. The van der Waals surface area contributed by atoms with E-state index >= 15 is 0 Å². The molecule has 0 amide bonds. The van der Waals surface area contributed by atoms with Gasteiger partial charge in [0.25, 0.3) is 0 Å². The van der Waals surface area contributed by atoms with Crippen LogP contribution in [0.1, 0.15) is 25.3 Å². The molecule has 0 radical (unpaired) electrons. The maximum atomic E-state index is 13.3. The van der Waals surface area contributed by atoms with Crippen molar-refractivity contribution in [1.82, 2.24) is 4.90 Å². The van der Waals surface area contributed by atoms with Gasteiger partial charge >= 0.3 is 0 Å². The molecule has 0 bridgehead atoms. The van der Waals surface area contributed by atoms with E-state index in [4.69, 9.17) is 0 Å². The minimum atomic E-state index is -0.162. The van der Waals surface area contributed by atoms with E-state index in [2.05, 4.69) is 24.2 Å². The van der Waals surface area contributed by atoms with Gasteiger partial charge in [0.1, 0.15) is 5.82 Å². The van der Waals surface area contributed by atoms with E-state index in [1.165, 1.54) is 19.4 Å². The predicted octanol–water partition coefficient (Wildman–Crippen LogP) is 3.28. The van der Waals surface area contributed by atoms with Crippen molar-refractivity contribution in [2.45, 2.75) is 32.7 Å². The van der Waals surface area contributed by atoms with Crippen molar-refractivity contribution in [1.29, 1.82) is 0 Å². The van der Waals surface area contributed by atoms with Crippen LogP contribution in [0.5, 0.6) is 0 Å². The van der Waals surface area contributed by atoms with E-state index < -0.39 is 0 Å². The number of aryl methyl sites for hydroxylation is 1. The molecule has 2 atom stereocenters. The van der Waals surface area contributed by atoms with Crippen LogP contribution < -0.4 is 5.32 Å². The molecule has 2 unspecified atom stereocenters. The van der Waals surface area contributed by atoms with Crippen LogP contribution in [0.25, 0.3) is 0 Å². The molecule has 3 heteroatoms. The van der Waals surface area contributed by atoms with E-state index in [0.29, 0.717) is 12.0 Å². The van der Waals surface area contributed by atoms with Crippen molar-refractivity contribution in [2.75, 3.05) is 25.5 Å². The van der Waals surface area contributed by atoms with Gasteiger partial charge < -0.3 is 10.2 Å². The van der Waals surface area contributed by atoms with Crippen LogP contribution in [0.2, 0.25) is 0 Å². The normalized spacial score (nSPS) is 22.8. The van der Waals surface area contributed by atoms with E-state index in [-0.39, 0.29) is 5.82 Å². The lowest BCUT2D eigenvalue weighted by atomic mass is 9.91. The zero-order chi connectivity index (χ0) is 13.1. The lowest BCUT2D eigenvalue weighted by Gasteiger charge is -2.34. The molecule has 1 fully saturated rings. The number of likely N-dealkylation sites (tertiary alicyclic amines) is 1. The summed E-state index contributed by atoms with van der Waals surface area (Å²) in [5.41, 5.74) is 1.86. The van der Waals surface area contributed by atoms with Gasteiger partial charge in [-0.15, -0.1) is 0 Å². The molecule has 1 aliphatic rings. The Labute approximate surface area is 109 Å². The summed E-state index contributed by atoms with van der Waals surface area (Å²) in [6, 6.07) is 5.53. The summed E-state index contributed by atoms with van der Waals surface area (Å²) in [5.74, 6) is 0.484. The molecule has 1 N–H and O–H groups in total. The third-order valence-corrected chi connectivity index (χ3v) is 3.80. The number of nitrogens with one attached hydrogen (secondary N) is 1. The lowest BCUT2D eigenvalue weighted by molar-refractivity contribution is 0.197. The van der Waals surface area contributed by atoms with E-state index in [9.17, 15) is 4.39 Å². The first kappa shape index (κ1) is 13.3. The second kappa shape index (κ2) is 5.70. The molecule has 2 nitrogen and oxygen atoms in total. The Morgan fingerprint density at radius 1 is 1.39 bits per heavy atom. The second-order valence-electron chi connectivity index (χ2n) is 5.61. The Bertz CT molecular complexity index is 385. The van der Waals surface area contributed by atoms with E-state index in [0.717, 1.165) is 17.8 Å². The van der Waals surface area contributed by atoms with Gasteiger partial charge in [-0.25, -0.2) is 4.39 Å². The third-order valence-electron chi connectivity index (χ3n) is 3.80. The monoisotopic (exact) mass is 250 g/mol. The summed E-state index contributed by atoms with van der Waals surface area (Å²) in [7, 11) is 2.17. The second-order valence-corrected chi connectivity index (χ2v) is 5.61. The topological polar surface area (TPSA) is 15.3 Å². The van der Waals surface area contributed by atoms with Gasteiger partial charge in [0.15, 0.2) is 0 Å². The maximum Gasteiger partial charge on any atom is 0.125 e. The van der Waals surface area contributed by atoms with Crippen LogP contribution in [0.3, 0.4) is 0 Å². The first-order chi connectivity index (χ1) is 8.54. The quantitative estimate of drug-likeness (QED) is 0.885. The van der Waals surface area contributed by atoms with Crippen LogP contribution in [-0.4, -0.2) is 31.1 Å². The molecule has 1 aliphatic heterocycles. The molecular formula is C15H23FN2. The SMILES string of the molecule is Cc1cc(F)cc(NC(C)C2CCCN(C)C2)c1. The zero-order valence-electron chi connectivity index (χ0n) is 11.5. The number of hydrogen-bond donors (Lipinski definition) is 1. The van der Waals surface area contributed by atoms with Crippen molar-refractivity contribution in [3.05, 3.63) is 29.6 Å². The van der Waals surface area contributed by atoms with Gasteiger partial charge in [0, 0.05) is 18.3 Å². The Hall–Kier alpha value is -1.09. The number of nitrogens with zero attached hydrogens (tertiary/aromatic N) is 1. The first-order valence-corrected chi connectivity index (χ1v) is 6.77. The molecule has 0 saturated carbocycles. The average molecular weight is 250 g/mol. The molecule has 0 aliphatic carbocycles. The predicted molar refractivity (Wildman–Crippen MR) is 74.4 cm³/mol. The smallest absolute Gasteiger partial charge is 0.125 e. The fourth-order valence-corrected chi connectivity index (χ4v) is 2.81. The van der Waals surface area contributed by atoms with Crippen LogP contribution >= 0.6 is 0 Å². The summed E-state index contributed by atoms with van der Waals surface area (Å²) in [5, 5.41) is 3.45. The largest absolute Gasteiger partial charge is 0.382 e. The molecule has 0 aromatic heterocycles. The van der Waals surface area contributed by atoms with Crippen molar-refractivity contribution in [3.8, 4) is 0 Å². The van der Waals surface area contributed by atoms with Crippen molar-refractivity contribution < 1.29 is 4.39 Å². The van der Waals surface area contributed by atoms with Crippen LogP contribution in [0.15, 0.2) is 18.2 Å². The van der Waals surface area contributed by atoms with Gasteiger partial charge in [0.2, 0.25) is 0 Å². The number of benzene rings is 1. The minimum Gasteiger partial charge on any atom is -0.382 e. The standard InChI is InChI=1S/C15H23FN2/c1-11-7-14(16)9-15(8-11)17-12(2)13-5-4-6-18(3)10-13/h7-9,12-13,17H,4-6,10H2,1-3H3. The van der Waals surface area contributed by atoms with Gasteiger partial charge in [-0.3, -0.25) is 0 Å². The highest BCUT2D eigenvalue weighted by atomic mass is 19.1. The molecule has 0 spiro atoms. The van der Waals surface area contributed by atoms with Crippen LogP contribution in [0.4, 0.5) is 10.1 Å². The Morgan fingerprint density at radius 3 is 2.83 bits per heavy atom. The number of hydrogen-bond acceptors (Lipinski definition) is 2. The van der Waals surface area contributed by atoms with Gasteiger partial charge in [-0.1, -0.05) is 0 Å². The summed E-state index contributed by atoms with van der Waals surface area (Å²) in [4.78, 5) is 2.38. The summed E-state index contributed by atoms with van der Waals surface area (Å²) < 4.78 is 13.3. The molecule has 1 aromatic rings. The van der Waals surface area contributed by atoms with Crippen LogP contribution in [-0.2, 0) is 0 Å².